The molecule has 0 atom stereocenters. The molecule has 0 saturated heterocycles. The van der Waals surface area contributed by atoms with Crippen molar-refractivity contribution >= 4 is 0 Å². The highest BCUT2D eigenvalue weighted by molar-refractivity contribution is 4.67. The number of hydrogen-bond acceptors (Lipinski definition) is 1. The smallest absolute Gasteiger partial charge is 0.330 e. The maximum absolute atomic E-state index is 12.2. The van der Waals surface area contributed by atoms with Gasteiger partial charge in [0.25, 0.3) is 0 Å². The van der Waals surface area contributed by atoms with E-state index in [4.69, 9.17) is 0 Å². The van der Waals surface area contributed by atoms with Gasteiger partial charge in [-0.05, 0) is 12.3 Å². The summed E-state index contributed by atoms with van der Waals surface area (Å²) in [7, 11) is 0. The Balaban J connectivity index is 3.52. The third-order valence-corrected chi connectivity index (χ3v) is 1.45. The van der Waals surface area contributed by atoms with Crippen LogP contribution in [0.15, 0.2) is 0 Å². The lowest BCUT2D eigenvalue weighted by Crippen LogP contribution is -2.32. The second-order valence-corrected chi connectivity index (χ2v) is 3.30. The summed E-state index contributed by atoms with van der Waals surface area (Å²) in [5.74, 6) is -3.70. The van der Waals surface area contributed by atoms with Gasteiger partial charge < -0.3 is 4.74 Å². The fraction of sp³-hybridized carbons (Fsp3) is 1.00. The molecule has 0 aromatic rings. The van der Waals surface area contributed by atoms with Crippen molar-refractivity contribution in [3.63, 3.8) is 0 Å². The van der Waals surface area contributed by atoms with E-state index in [-0.39, 0.29) is 6.61 Å². The van der Waals surface area contributed by atoms with Gasteiger partial charge in [-0.3, -0.25) is 0 Å². The molecule has 0 N–H and O–H groups in total. The van der Waals surface area contributed by atoms with E-state index in [2.05, 4.69) is 4.74 Å². The van der Waals surface area contributed by atoms with E-state index in [1.54, 1.807) is 0 Å². The normalized spacial score (nSPS) is 12.9. The van der Waals surface area contributed by atoms with E-state index in [1.807, 2.05) is 13.8 Å². The van der Waals surface area contributed by atoms with Gasteiger partial charge in [0.05, 0.1) is 0 Å². The highest BCUT2D eigenvalue weighted by Crippen LogP contribution is 2.22. The van der Waals surface area contributed by atoms with Gasteiger partial charge in [0, 0.05) is 6.61 Å². The van der Waals surface area contributed by atoms with Gasteiger partial charge in [-0.25, -0.2) is 8.78 Å². The van der Waals surface area contributed by atoms with Crippen LogP contribution in [0.4, 0.5) is 17.6 Å². The van der Waals surface area contributed by atoms with Crippen molar-refractivity contribution in [1.82, 2.24) is 0 Å². The van der Waals surface area contributed by atoms with Crippen LogP contribution in [0.25, 0.3) is 0 Å². The SMILES string of the molecule is CC(C)CCOCC(F)(F)C(F)F. The number of hydrogen-bond donors (Lipinski definition) is 0. The molecule has 0 radical (unpaired) electrons. The van der Waals surface area contributed by atoms with Crippen LogP contribution in [-0.2, 0) is 4.74 Å². The van der Waals surface area contributed by atoms with Crippen LogP contribution in [0.3, 0.4) is 0 Å². The summed E-state index contributed by atoms with van der Waals surface area (Å²) in [4.78, 5) is 0. The molecule has 5 heteroatoms. The van der Waals surface area contributed by atoms with Crippen molar-refractivity contribution < 1.29 is 22.3 Å². The van der Waals surface area contributed by atoms with Gasteiger partial charge >= 0.3 is 12.3 Å². The summed E-state index contributed by atoms with van der Waals surface area (Å²) in [6.07, 6.45) is -3.05. The quantitative estimate of drug-likeness (QED) is 0.475. The molecule has 0 aliphatic heterocycles. The standard InChI is InChI=1S/C8H14F4O/c1-6(2)3-4-13-5-8(11,12)7(9)10/h6-7H,3-5H2,1-2H3. The highest BCUT2D eigenvalue weighted by Gasteiger charge is 2.40. The molecule has 0 bridgehead atoms. The molecular formula is C8H14F4O. The third kappa shape index (κ3) is 5.85. The van der Waals surface area contributed by atoms with Crippen LogP contribution in [-0.4, -0.2) is 25.6 Å². The minimum absolute atomic E-state index is 0.0972. The Morgan fingerprint density at radius 2 is 1.77 bits per heavy atom. The zero-order chi connectivity index (χ0) is 10.5. The minimum Gasteiger partial charge on any atom is -0.375 e. The van der Waals surface area contributed by atoms with E-state index in [0.717, 1.165) is 0 Å². The maximum atomic E-state index is 12.2. The summed E-state index contributed by atoms with van der Waals surface area (Å²) in [6, 6.07) is 0. The van der Waals surface area contributed by atoms with E-state index >= 15 is 0 Å². The lowest BCUT2D eigenvalue weighted by atomic mass is 10.1. The molecule has 0 heterocycles. The lowest BCUT2D eigenvalue weighted by molar-refractivity contribution is -0.166. The zero-order valence-electron chi connectivity index (χ0n) is 7.70. The summed E-state index contributed by atoms with van der Waals surface area (Å²) in [6.45, 7) is 2.70. The van der Waals surface area contributed by atoms with Crippen molar-refractivity contribution in [2.75, 3.05) is 13.2 Å². The molecule has 0 aliphatic rings. The summed E-state index contributed by atoms with van der Waals surface area (Å²) in [5, 5.41) is 0. The Bertz CT molecular complexity index is 136. The third-order valence-electron chi connectivity index (χ3n) is 1.45. The van der Waals surface area contributed by atoms with Crippen LogP contribution >= 0.6 is 0 Å². The largest absolute Gasteiger partial charge is 0.375 e. The fourth-order valence-corrected chi connectivity index (χ4v) is 0.590. The van der Waals surface area contributed by atoms with E-state index in [9.17, 15) is 17.6 Å². The first-order valence-corrected chi connectivity index (χ1v) is 4.10. The second-order valence-electron chi connectivity index (χ2n) is 3.30. The minimum atomic E-state index is -4.02. The number of ether oxygens (including phenoxy) is 1. The summed E-state index contributed by atoms with van der Waals surface area (Å²) < 4.78 is 52.0. The molecule has 0 rings (SSSR count). The van der Waals surface area contributed by atoms with Crippen LogP contribution < -0.4 is 0 Å². The molecule has 1 nitrogen and oxygen atoms in total. The van der Waals surface area contributed by atoms with Gasteiger partial charge in [0.1, 0.15) is 6.61 Å². The first-order chi connectivity index (χ1) is 5.86. The van der Waals surface area contributed by atoms with Gasteiger partial charge in [-0.2, -0.15) is 8.78 Å². The molecule has 0 spiro atoms. The van der Waals surface area contributed by atoms with Crippen molar-refractivity contribution in [1.29, 1.82) is 0 Å². The topological polar surface area (TPSA) is 9.23 Å². The Kier molecular flexibility index (Phi) is 5.29. The molecule has 0 unspecified atom stereocenters. The Hall–Kier alpha value is -0.320. The summed E-state index contributed by atoms with van der Waals surface area (Å²) in [5.41, 5.74) is 0. The maximum Gasteiger partial charge on any atom is 0.330 e. The Morgan fingerprint density at radius 3 is 2.15 bits per heavy atom. The Morgan fingerprint density at radius 1 is 1.23 bits per heavy atom. The van der Waals surface area contributed by atoms with E-state index < -0.39 is 19.0 Å². The molecule has 0 aliphatic carbocycles. The Labute approximate surface area is 75.1 Å². The highest BCUT2D eigenvalue weighted by atomic mass is 19.3. The van der Waals surface area contributed by atoms with Crippen molar-refractivity contribution in [2.24, 2.45) is 5.92 Å². The average molecular weight is 202 g/mol. The average Bonchev–Trinajstić information content (AvgIpc) is 1.97. The molecule has 0 fully saturated rings. The van der Waals surface area contributed by atoms with Gasteiger partial charge in [-0.1, -0.05) is 13.8 Å². The fourth-order valence-electron chi connectivity index (χ4n) is 0.590. The van der Waals surface area contributed by atoms with Crippen LogP contribution in [0, 0.1) is 5.92 Å². The van der Waals surface area contributed by atoms with Crippen molar-refractivity contribution in [3.05, 3.63) is 0 Å². The molecule has 13 heavy (non-hydrogen) atoms. The summed E-state index contributed by atoms with van der Waals surface area (Å²) >= 11 is 0. The molecule has 0 aromatic heterocycles. The number of rotatable bonds is 6. The predicted octanol–water partition coefficient (Wildman–Crippen LogP) is 2.95. The van der Waals surface area contributed by atoms with Crippen LogP contribution in [0.5, 0.6) is 0 Å². The van der Waals surface area contributed by atoms with Gasteiger partial charge in [0.15, 0.2) is 0 Å². The molecule has 0 saturated carbocycles. The van der Waals surface area contributed by atoms with Crippen molar-refractivity contribution in [3.8, 4) is 0 Å². The second kappa shape index (κ2) is 5.42. The van der Waals surface area contributed by atoms with E-state index in [0.29, 0.717) is 12.3 Å². The molecule has 0 aromatic carbocycles. The predicted molar refractivity (Wildman–Crippen MR) is 41.2 cm³/mol. The lowest BCUT2D eigenvalue weighted by Gasteiger charge is -2.15. The first kappa shape index (κ1) is 12.7. The number of halogens is 4. The van der Waals surface area contributed by atoms with E-state index in [1.165, 1.54) is 0 Å². The number of alkyl halides is 4. The van der Waals surface area contributed by atoms with Crippen LogP contribution in [0.1, 0.15) is 20.3 Å². The molecule has 0 amide bonds. The monoisotopic (exact) mass is 202 g/mol. The zero-order valence-corrected chi connectivity index (χ0v) is 7.70. The first-order valence-electron chi connectivity index (χ1n) is 4.10. The van der Waals surface area contributed by atoms with Gasteiger partial charge in [-0.15, -0.1) is 0 Å². The molecular weight excluding hydrogens is 188 g/mol. The van der Waals surface area contributed by atoms with Crippen LogP contribution in [0.2, 0.25) is 0 Å². The van der Waals surface area contributed by atoms with Gasteiger partial charge in [0.2, 0.25) is 0 Å². The van der Waals surface area contributed by atoms with Crippen molar-refractivity contribution in [2.45, 2.75) is 32.6 Å². The molecule has 80 valence electrons.